The Labute approximate surface area is 162 Å². The Morgan fingerprint density at radius 3 is 2.46 bits per heavy atom. The van der Waals surface area contributed by atoms with Crippen LogP contribution in [0.2, 0.25) is 0 Å². The van der Waals surface area contributed by atoms with Crippen molar-refractivity contribution in [3.05, 3.63) is 35.4 Å². The molecule has 0 aromatic heterocycles. The number of urea groups is 1. The van der Waals surface area contributed by atoms with Crippen LogP contribution in [0.1, 0.15) is 44.6 Å². The maximum absolute atomic E-state index is 13.7. The summed E-state index contributed by atoms with van der Waals surface area (Å²) in [5, 5.41) is 12.8. The van der Waals surface area contributed by atoms with Crippen molar-refractivity contribution in [3.63, 3.8) is 0 Å². The number of carboxylic acid groups (broad SMARTS) is 1. The molecule has 2 amide bonds. The van der Waals surface area contributed by atoms with E-state index in [0.717, 1.165) is 31.4 Å². The summed E-state index contributed by atoms with van der Waals surface area (Å²) >= 11 is 0. The number of hydrogen-bond acceptors (Lipinski definition) is 2. The highest BCUT2D eigenvalue weighted by Gasteiger charge is 2.61. The van der Waals surface area contributed by atoms with E-state index in [1.807, 2.05) is 11.8 Å². The van der Waals surface area contributed by atoms with E-state index in [4.69, 9.17) is 0 Å². The van der Waals surface area contributed by atoms with Gasteiger partial charge in [0.15, 0.2) is 11.6 Å². The molecule has 7 heteroatoms. The first-order valence-corrected chi connectivity index (χ1v) is 9.98. The molecule has 5 aliphatic rings. The van der Waals surface area contributed by atoms with Gasteiger partial charge in [0.2, 0.25) is 0 Å². The fraction of sp³-hybridized carbons (Fsp3) is 0.619. The molecule has 1 heterocycles. The van der Waals surface area contributed by atoms with Gasteiger partial charge < -0.3 is 15.3 Å². The number of nitrogens with zero attached hydrogens (tertiary/aromatic N) is 1. The van der Waals surface area contributed by atoms with Crippen molar-refractivity contribution < 1.29 is 23.5 Å². The summed E-state index contributed by atoms with van der Waals surface area (Å²) in [7, 11) is 0. The molecule has 0 radical (unpaired) electrons. The number of rotatable bonds is 3. The topological polar surface area (TPSA) is 69.6 Å². The molecule has 2 N–H and O–H groups in total. The van der Waals surface area contributed by atoms with Crippen LogP contribution in [0.15, 0.2) is 18.2 Å². The fourth-order valence-electron chi connectivity index (χ4n) is 6.77. The van der Waals surface area contributed by atoms with Crippen molar-refractivity contribution >= 4 is 12.0 Å². The van der Waals surface area contributed by atoms with Crippen LogP contribution in [0.4, 0.5) is 13.6 Å². The Hall–Kier alpha value is -2.18. The third-order valence-corrected chi connectivity index (χ3v) is 7.72. The minimum atomic E-state index is -0.926. The first-order valence-electron chi connectivity index (χ1n) is 9.98. The quantitative estimate of drug-likeness (QED) is 0.830. The van der Waals surface area contributed by atoms with E-state index >= 15 is 0 Å². The van der Waals surface area contributed by atoms with Crippen molar-refractivity contribution in [2.45, 2.75) is 50.6 Å². The molecule has 1 aromatic rings. The molecular weight excluding hydrogens is 366 g/mol. The molecule has 1 aromatic carbocycles. The molecule has 4 saturated carbocycles. The van der Waals surface area contributed by atoms with Crippen LogP contribution in [0.3, 0.4) is 0 Å². The number of nitrogens with one attached hydrogen (secondary N) is 1. The Balaban J connectivity index is 1.43. The average Bonchev–Trinajstić information content (AvgIpc) is 2.92. The van der Waals surface area contributed by atoms with Gasteiger partial charge in [0.25, 0.3) is 0 Å². The zero-order chi connectivity index (χ0) is 19.8. The first kappa shape index (κ1) is 17.9. The van der Waals surface area contributed by atoms with Crippen molar-refractivity contribution in [1.82, 2.24) is 10.2 Å². The zero-order valence-corrected chi connectivity index (χ0v) is 15.8. The third kappa shape index (κ3) is 2.40. The van der Waals surface area contributed by atoms with Gasteiger partial charge in [0.1, 0.15) is 0 Å². The smallest absolute Gasteiger partial charge is 0.318 e. The largest absolute Gasteiger partial charge is 0.481 e. The molecule has 1 saturated heterocycles. The van der Waals surface area contributed by atoms with Gasteiger partial charge in [-0.25, -0.2) is 13.6 Å². The van der Waals surface area contributed by atoms with Gasteiger partial charge in [0.05, 0.1) is 11.0 Å². The highest BCUT2D eigenvalue weighted by atomic mass is 19.2. The van der Waals surface area contributed by atoms with E-state index in [0.29, 0.717) is 30.9 Å². The third-order valence-electron chi connectivity index (χ3n) is 7.72. The van der Waals surface area contributed by atoms with Crippen LogP contribution in [0, 0.1) is 34.8 Å². The van der Waals surface area contributed by atoms with Crippen molar-refractivity contribution in [1.29, 1.82) is 0 Å². The van der Waals surface area contributed by atoms with E-state index < -0.39 is 28.6 Å². The second-order valence-electron chi connectivity index (χ2n) is 9.57. The molecule has 0 spiro atoms. The predicted molar refractivity (Wildman–Crippen MR) is 96.4 cm³/mol. The number of carboxylic acids is 1. The molecule has 4 aliphatic carbocycles. The molecular formula is C21H24F2N2O3. The summed E-state index contributed by atoms with van der Waals surface area (Å²) < 4.78 is 27.1. The molecule has 3 atom stereocenters. The number of carbonyl (C=O) groups excluding carboxylic acids is 1. The number of carbonyl (C=O) groups is 2. The Kier molecular flexibility index (Phi) is 3.62. The van der Waals surface area contributed by atoms with Gasteiger partial charge in [-0.15, -0.1) is 0 Å². The highest BCUT2D eigenvalue weighted by Crippen LogP contribution is 2.61. The number of hydrogen-bond donors (Lipinski definition) is 2. The molecule has 5 fully saturated rings. The number of halogens is 2. The molecule has 150 valence electrons. The van der Waals surface area contributed by atoms with Gasteiger partial charge in [-0.05, 0) is 74.5 Å². The highest BCUT2D eigenvalue weighted by molar-refractivity contribution is 5.79. The predicted octanol–water partition coefficient (Wildman–Crippen LogP) is 3.48. The second kappa shape index (κ2) is 5.67. The Morgan fingerprint density at radius 2 is 1.86 bits per heavy atom. The normalized spacial score (nSPS) is 41.4. The molecule has 4 bridgehead atoms. The second-order valence-corrected chi connectivity index (χ2v) is 9.57. The molecule has 5 nitrogen and oxygen atoms in total. The van der Waals surface area contributed by atoms with Crippen molar-refractivity contribution in [3.8, 4) is 0 Å². The van der Waals surface area contributed by atoms with E-state index in [1.165, 1.54) is 6.07 Å². The van der Waals surface area contributed by atoms with Crippen LogP contribution in [0.25, 0.3) is 0 Å². The maximum atomic E-state index is 13.7. The molecule has 28 heavy (non-hydrogen) atoms. The van der Waals surface area contributed by atoms with Crippen molar-refractivity contribution in [2.24, 2.45) is 23.2 Å². The molecule has 1 aliphatic heterocycles. The van der Waals surface area contributed by atoms with Crippen LogP contribution >= 0.6 is 0 Å². The number of amides is 2. The van der Waals surface area contributed by atoms with Gasteiger partial charge in [-0.1, -0.05) is 6.07 Å². The maximum Gasteiger partial charge on any atom is 0.318 e. The molecule has 2 unspecified atom stereocenters. The zero-order valence-electron chi connectivity index (χ0n) is 15.8. The lowest BCUT2D eigenvalue weighted by Crippen LogP contribution is -2.61. The van der Waals surface area contributed by atoms with Crippen molar-refractivity contribution in [2.75, 3.05) is 6.54 Å². The van der Waals surface area contributed by atoms with Gasteiger partial charge in [0, 0.05) is 12.6 Å². The van der Waals surface area contributed by atoms with E-state index in [1.54, 1.807) is 0 Å². The van der Waals surface area contributed by atoms with E-state index in [9.17, 15) is 23.5 Å². The lowest BCUT2D eigenvalue weighted by Gasteiger charge is -2.59. The summed E-state index contributed by atoms with van der Waals surface area (Å²) in [5.41, 5.74) is -0.884. The summed E-state index contributed by atoms with van der Waals surface area (Å²) in [4.78, 5) is 26.7. The summed E-state index contributed by atoms with van der Waals surface area (Å²) in [6, 6.07) is 3.57. The lowest BCUT2D eigenvalue weighted by atomic mass is 9.47. The summed E-state index contributed by atoms with van der Waals surface area (Å²) in [6.45, 7) is 2.20. The van der Waals surface area contributed by atoms with E-state index in [2.05, 4.69) is 5.32 Å². The van der Waals surface area contributed by atoms with Crippen LogP contribution in [-0.2, 0) is 10.3 Å². The van der Waals surface area contributed by atoms with Crippen LogP contribution in [-0.4, -0.2) is 34.6 Å². The van der Waals surface area contributed by atoms with Crippen LogP contribution in [0.5, 0.6) is 0 Å². The summed E-state index contributed by atoms with van der Waals surface area (Å²) in [5.74, 6) is -1.70. The average molecular weight is 390 g/mol. The number of aliphatic carboxylic acids is 1. The first-order chi connectivity index (χ1) is 13.2. The van der Waals surface area contributed by atoms with Gasteiger partial charge in [-0.3, -0.25) is 4.79 Å². The SMILES string of the molecule is C[C@@]1(c2ccc(F)c(F)c2)CN(C2C3CC4CC2CC(C(=O)O)(C4)C3)C(=O)N1. The Bertz CT molecular complexity index is 859. The number of benzene rings is 1. The minimum absolute atomic E-state index is 0.0242. The van der Waals surface area contributed by atoms with Gasteiger partial charge >= 0.3 is 12.0 Å². The monoisotopic (exact) mass is 390 g/mol. The lowest BCUT2D eigenvalue weighted by molar-refractivity contribution is -0.170. The van der Waals surface area contributed by atoms with E-state index in [-0.39, 0.29) is 23.9 Å². The minimum Gasteiger partial charge on any atom is -0.481 e. The Morgan fingerprint density at radius 1 is 1.18 bits per heavy atom. The fourth-order valence-corrected chi connectivity index (χ4v) is 6.77. The summed E-state index contributed by atoms with van der Waals surface area (Å²) in [6.07, 6.45) is 3.97. The van der Waals surface area contributed by atoms with Crippen LogP contribution < -0.4 is 5.32 Å². The molecule has 6 rings (SSSR count). The standard InChI is InChI=1S/C21H24F2N2O3/c1-20(14-2-3-15(22)16(23)6-14)10-25(19(28)24-20)17-12-4-11-5-13(17)9-21(7-11,8-12)18(26)27/h2-3,6,11-13,17H,4-5,7-10H2,1H3,(H,24,28)(H,26,27)/t11?,12?,13?,17?,20-,21?/m0/s1. The van der Waals surface area contributed by atoms with Gasteiger partial charge in [-0.2, -0.15) is 0 Å².